The molecule has 3 aromatic rings. The van der Waals surface area contributed by atoms with E-state index in [-0.39, 0.29) is 26.6 Å². The molecule has 0 bridgehead atoms. The van der Waals surface area contributed by atoms with Crippen molar-refractivity contribution in [1.29, 1.82) is 0 Å². The molecule has 14 heteroatoms. The number of fused-ring (bicyclic) bond motifs is 1. The molecule has 0 saturated heterocycles. The van der Waals surface area contributed by atoms with Crippen molar-refractivity contribution in [2.24, 2.45) is 0 Å². The Labute approximate surface area is 247 Å². The SMILES string of the molecule is O=S(=O)(NCCCCN1CCc2ccccc2C1)c1cc(Cl)cc(Cl)c1OS(=O)(=O)c1cc(Cl)cc(Cl)c1O. The second kappa shape index (κ2) is 12.4. The summed E-state index contributed by atoms with van der Waals surface area (Å²) in [5.74, 6) is -1.50. The number of hydrogen-bond donors (Lipinski definition) is 2. The largest absolute Gasteiger partial charge is 0.505 e. The van der Waals surface area contributed by atoms with Gasteiger partial charge in [-0.15, -0.1) is 0 Å². The first-order valence-electron chi connectivity index (χ1n) is 11.8. The lowest BCUT2D eigenvalue weighted by atomic mass is 10.00. The molecule has 2 N–H and O–H groups in total. The fourth-order valence-electron chi connectivity index (χ4n) is 4.19. The van der Waals surface area contributed by atoms with Gasteiger partial charge in [-0.2, -0.15) is 8.42 Å². The number of benzene rings is 3. The highest BCUT2D eigenvalue weighted by Gasteiger charge is 2.30. The molecule has 0 amide bonds. The molecule has 0 spiro atoms. The van der Waals surface area contributed by atoms with Gasteiger partial charge in [0.15, 0.2) is 16.4 Å². The molecule has 1 aliphatic heterocycles. The van der Waals surface area contributed by atoms with Gasteiger partial charge in [-0.25, -0.2) is 13.1 Å². The van der Waals surface area contributed by atoms with Crippen molar-refractivity contribution < 1.29 is 26.1 Å². The first-order chi connectivity index (χ1) is 18.4. The van der Waals surface area contributed by atoms with Gasteiger partial charge < -0.3 is 9.29 Å². The summed E-state index contributed by atoms with van der Waals surface area (Å²) >= 11 is 23.9. The predicted octanol–water partition coefficient (Wildman–Crippen LogP) is 5.89. The summed E-state index contributed by atoms with van der Waals surface area (Å²) in [5.41, 5.74) is 2.66. The highest BCUT2D eigenvalue weighted by atomic mass is 35.5. The molecule has 0 fully saturated rings. The normalized spacial score (nSPS) is 14.3. The van der Waals surface area contributed by atoms with Crippen molar-refractivity contribution in [3.63, 3.8) is 0 Å². The Hall–Kier alpha value is -1.76. The van der Waals surface area contributed by atoms with Crippen molar-refractivity contribution in [2.45, 2.75) is 35.6 Å². The van der Waals surface area contributed by atoms with Crippen LogP contribution in [0.1, 0.15) is 24.0 Å². The molecule has 0 aromatic heterocycles. The van der Waals surface area contributed by atoms with Crippen LogP contribution in [0.2, 0.25) is 20.1 Å². The quantitative estimate of drug-likeness (QED) is 0.207. The summed E-state index contributed by atoms with van der Waals surface area (Å²) in [5, 5.41) is 9.30. The Kier molecular flexibility index (Phi) is 9.60. The molecule has 1 aliphatic rings. The van der Waals surface area contributed by atoms with Gasteiger partial charge in [0, 0.05) is 29.7 Å². The van der Waals surface area contributed by atoms with Gasteiger partial charge in [-0.05, 0) is 61.2 Å². The first kappa shape index (κ1) is 30.2. The zero-order valence-corrected chi connectivity index (χ0v) is 25.0. The topological polar surface area (TPSA) is 113 Å². The Morgan fingerprint density at radius 3 is 2.23 bits per heavy atom. The number of phenols is 1. The van der Waals surface area contributed by atoms with E-state index < -0.39 is 41.4 Å². The predicted molar refractivity (Wildman–Crippen MR) is 152 cm³/mol. The summed E-state index contributed by atoms with van der Waals surface area (Å²) in [6.45, 7) is 2.68. The molecule has 39 heavy (non-hydrogen) atoms. The lowest BCUT2D eigenvalue weighted by Crippen LogP contribution is -2.32. The van der Waals surface area contributed by atoms with Gasteiger partial charge >= 0.3 is 10.1 Å². The van der Waals surface area contributed by atoms with E-state index in [9.17, 15) is 21.9 Å². The number of hydrogen-bond acceptors (Lipinski definition) is 7. The van der Waals surface area contributed by atoms with Crippen LogP contribution in [-0.2, 0) is 33.1 Å². The van der Waals surface area contributed by atoms with E-state index >= 15 is 0 Å². The first-order valence-corrected chi connectivity index (χ1v) is 16.2. The molecule has 8 nitrogen and oxygen atoms in total. The standard InChI is InChI=1S/C25H24Cl4N2O6S2/c26-18-11-20(28)24(32)22(13-18)39(35,36)37-25-21(29)12-19(27)14-23(25)38(33,34)30-8-3-4-9-31-10-7-16-5-1-2-6-17(16)15-31/h1-2,5-6,11-14,30,32H,3-4,7-10,15H2. The zero-order chi connectivity index (χ0) is 28.4. The smallest absolute Gasteiger partial charge is 0.343 e. The Balaban J connectivity index is 1.44. The van der Waals surface area contributed by atoms with Gasteiger partial charge in [0.2, 0.25) is 10.0 Å². The Morgan fingerprint density at radius 1 is 0.872 bits per heavy atom. The lowest BCUT2D eigenvalue weighted by Gasteiger charge is -2.28. The third-order valence-electron chi connectivity index (χ3n) is 6.12. The van der Waals surface area contributed by atoms with Gasteiger partial charge in [0.05, 0.1) is 10.0 Å². The van der Waals surface area contributed by atoms with Crippen molar-refractivity contribution in [3.05, 3.63) is 79.7 Å². The molecule has 0 radical (unpaired) electrons. The number of sulfonamides is 1. The minimum absolute atomic E-state index is 0.0517. The molecule has 0 saturated carbocycles. The van der Waals surface area contributed by atoms with Gasteiger partial charge in [-0.1, -0.05) is 70.7 Å². The van der Waals surface area contributed by atoms with Gasteiger partial charge in [0.1, 0.15) is 4.90 Å². The number of phenolic OH excluding ortho intramolecular Hbond substituents is 1. The summed E-state index contributed by atoms with van der Waals surface area (Å²) in [6, 6.07) is 12.5. The summed E-state index contributed by atoms with van der Waals surface area (Å²) < 4.78 is 59.8. The van der Waals surface area contributed by atoms with Crippen LogP contribution < -0.4 is 8.91 Å². The number of aromatic hydroxyl groups is 1. The van der Waals surface area contributed by atoms with E-state index in [2.05, 4.69) is 21.8 Å². The highest BCUT2D eigenvalue weighted by molar-refractivity contribution is 7.90. The minimum Gasteiger partial charge on any atom is -0.505 e. The fourth-order valence-corrected chi connectivity index (χ4v) is 7.91. The van der Waals surface area contributed by atoms with Crippen molar-refractivity contribution >= 4 is 66.5 Å². The lowest BCUT2D eigenvalue weighted by molar-refractivity contribution is 0.249. The monoisotopic (exact) mass is 652 g/mol. The second-order valence-electron chi connectivity index (χ2n) is 8.89. The highest BCUT2D eigenvalue weighted by Crippen LogP contribution is 2.40. The van der Waals surface area contributed by atoms with E-state index in [1.54, 1.807) is 0 Å². The summed E-state index contributed by atoms with van der Waals surface area (Å²) in [6.07, 6.45) is 2.26. The van der Waals surface area contributed by atoms with Crippen LogP contribution >= 0.6 is 46.4 Å². The molecule has 0 atom stereocenters. The van der Waals surface area contributed by atoms with E-state index in [0.717, 1.165) is 56.7 Å². The van der Waals surface area contributed by atoms with Crippen molar-refractivity contribution in [2.75, 3.05) is 19.6 Å². The maximum Gasteiger partial charge on any atom is 0.343 e. The van der Waals surface area contributed by atoms with Crippen LogP contribution in [-0.4, -0.2) is 46.5 Å². The van der Waals surface area contributed by atoms with E-state index in [0.29, 0.717) is 6.42 Å². The average molecular weight is 654 g/mol. The van der Waals surface area contributed by atoms with Crippen LogP contribution in [0.25, 0.3) is 0 Å². The Bertz CT molecular complexity index is 1600. The van der Waals surface area contributed by atoms with Crippen LogP contribution in [0.3, 0.4) is 0 Å². The second-order valence-corrected chi connectivity index (χ2v) is 13.8. The van der Waals surface area contributed by atoms with Crippen molar-refractivity contribution in [1.82, 2.24) is 9.62 Å². The van der Waals surface area contributed by atoms with Gasteiger partial charge in [0.25, 0.3) is 0 Å². The van der Waals surface area contributed by atoms with Crippen LogP contribution in [0.5, 0.6) is 11.5 Å². The van der Waals surface area contributed by atoms with Crippen LogP contribution in [0.15, 0.2) is 58.3 Å². The average Bonchev–Trinajstić information content (AvgIpc) is 2.87. The molecule has 3 aromatic carbocycles. The summed E-state index contributed by atoms with van der Waals surface area (Å²) in [4.78, 5) is 0.980. The molecular weight excluding hydrogens is 630 g/mol. The molecule has 1 heterocycles. The Morgan fingerprint density at radius 2 is 1.51 bits per heavy atom. The van der Waals surface area contributed by atoms with Crippen LogP contribution in [0.4, 0.5) is 0 Å². The molecule has 0 unspecified atom stereocenters. The van der Waals surface area contributed by atoms with Gasteiger partial charge in [-0.3, -0.25) is 4.90 Å². The third-order valence-corrected chi connectivity index (χ3v) is 9.83. The third kappa shape index (κ3) is 7.31. The van der Waals surface area contributed by atoms with Crippen LogP contribution in [0, 0.1) is 0 Å². The minimum atomic E-state index is -4.81. The number of nitrogens with zero attached hydrogens (tertiary/aromatic N) is 1. The maximum atomic E-state index is 13.2. The number of rotatable bonds is 10. The number of halogens is 4. The number of unbranched alkanes of at least 4 members (excludes halogenated alkanes) is 1. The zero-order valence-electron chi connectivity index (χ0n) is 20.3. The van der Waals surface area contributed by atoms with Crippen molar-refractivity contribution in [3.8, 4) is 11.5 Å². The molecular formula is C25H24Cl4N2O6S2. The number of nitrogens with one attached hydrogen (secondary N) is 1. The van der Waals surface area contributed by atoms with E-state index in [4.69, 9.17) is 50.6 Å². The van der Waals surface area contributed by atoms with E-state index in [1.165, 1.54) is 11.1 Å². The fraction of sp³-hybridized carbons (Fsp3) is 0.280. The molecule has 4 rings (SSSR count). The maximum absolute atomic E-state index is 13.2. The summed E-state index contributed by atoms with van der Waals surface area (Å²) in [7, 11) is -9.11. The van der Waals surface area contributed by atoms with E-state index in [1.807, 2.05) is 12.1 Å². The molecule has 0 aliphatic carbocycles. The molecule has 210 valence electrons.